The molecule has 0 N–H and O–H groups in total. The van der Waals surface area contributed by atoms with Crippen molar-refractivity contribution in [2.75, 3.05) is 6.61 Å². The van der Waals surface area contributed by atoms with E-state index in [1.165, 1.54) is 0 Å². The highest BCUT2D eigenvalue weighted by molar-refractivity contribution is 6.29. The fourth-order valence-electron chi connectivity index (χ4n) is 1.00. The van der Waals surface area contributed by atoms with Crippen LogP contribution in [0.4, 0.5) is 13.2 Å². The van der Waals surface area contributed by atoms with Crippen molar-refractivity contribution in [3.05, 3.63) is 29.7 Å². The zero-order valence-electron chi connectivity index (χ0n) is 8.80. The summed E-state index contributed by atoms with van der Waals surface area (Å²) in [6.07, 6.45) is -1.58. The van der Waals surface area contributed by atoms with Crippen LogP contribution in [0.5, 0.6) is 5.88 Å². The molecule has 0 spiro atoms. The fraction of sp³-hybridized carbons (Fsp3) is 0.400. The molecule has 94 valence electrons. The number of ether oxygens (including phenoxy) is 1. The van der Waals surface area contributed by atoms with Gasteiger partial charge in [0, 0.05) is 6.07 Å². The highest BCUT2D eigenvalue weighted by Crippen LogP contribution is 2.28. The molecule has 0 unspecified atom stereocenters. The Morgan fingerprint density at radius 1 is 1.41 bits per heavy atom. The molecule has 0 saturated carbocycles. The number of nitrogens with zero attached hydrogens (tertiary/aromatic N) is 2. The topological polar surface area (TPSA) is 35.0 Å². The first-order valence-electron chi connectivity index (χ1n) is 4.79. The van der Waals surface area contributed by atoms with Gasteiger partial charge >= 0.3 is 6.18 Å². The van der Waals surface area contributed by atoms with Gasteiger partial charge in [0.05, 0.1) is 6.61 Å². The lowest BCUT2D eigenvalue weighted by molar-refractivity contribution is -0.145. The minimum Gasteiger partial charge on any atom is -0.478 e. The number of alkyl halides is 3. The van der Waals surface area contributed by atoms with Gasteiger partial charge in [0.15, 0.2) is 0 Å². The number of rotatable bonds is 5. The average molecular weight is 267 g/mol. The molecule has 0 amide bonds. The number of unbranched alkanes of at least 4 members (excludes halogenated alkanes) is 1. The third-order valence-corrected chi connectivity index (χ3v) is 1.92. The standard InChI is InChI=1S/C10H10ClF3N2O/c1-2-3-4-5-17-8-6-7(11)15-9(16-8)10(12,13)14/h2,6H,1,3-5H2. The van der Waals surface area contributed by atoms with Crippen molar-refractivity contribution in [1.82, 2.24) is 9.97 Å². The summed E-state index contributed by atoms with van der Waals surface area (Å²) < 4.78 is 42.1. The largest absolute Gasteiger partial charge is 0.478 e. The van der Waals surface area contributed by atoms with Crippen LogP contribution >= 0.6 is 11.6 Å². The van der Waals surface area contributed by atoms with Crippen molar-refractivity contribution in [3.63, 3.8) is 0 Å². The normalized spacial score (nSPS) is 11.3. The van der Waals surface area contributed by atoms with Crippen molar-refractivity contribution < 1.29 is 17.9 Å². The van der Waals surface area contributed by atoms with Crippen LogP contribution in [0.1, 0.15) is 18.7 Å². The first-order chi connectivity index (χ1) is 7.93. The van der Waals surface area contributed by atoms with Crippen LogP contribution in [-0.4, -0.2) is 16.6 Å². The van der Waals surface area contributed by atoms with E-state index in [1.807, 2.05) is 0 Å². The highest BCUT2D eigenvalue weighted by atomic mass is 35.5. The Morgan fingerprint density at radius 3 is 2.71 bits per heavy atom. The fourth-order valence-corrected chi connectivity index (χ4v) is 1.18. The molecule has 1 aromatic rings. The van der Waals surface area contributed by atoms with E-state index in [9.17, 15) is 13.2 Å². The van der Waals surface area contributed by atoms with Gasteiger partial charge in [0.1, 0.15) is 5.15 Å². The molecule has 7 heteroatoms. The van der Waals surface area contributed by atoms with E-state index in [4.69, 9.17) is 16.3 Å². The van der Waals surface area contributed by atoms with Gasteiger partial charge in [-0.25, -0.2) is 4.98 Å². The Labute approximate surface area is 101 Å². The van der Waals surface area contributed by atoms with Crippen molar-refractivity contribution in [3.8, 4) is 5.88 Å². The third kappa shape index (κ3) is 4.60. The molecule has 0 aliphatic heterocycles. The summed E-state index contributed by atoms with van der Waals surface area (Å²) in [6.45, 7) is 3.76. The minimum atomic E-state index is -4.63. The lowest BCUT2D eigenvalue weighted by Crippen LogP contribution is -2.12. The summed E-state index contributed by atoms with van der Waals surface area (Å²) in [5.41, 5.74) is 0. The van der Waals surface area contributed by atoms with Crippen molar-refractivity contribution in [2.24, 2.45) is 0 Å². The van der Waals surface area contributed by atoms with E-state index in [1.54, 1.807) is 6.08 Å². The quantitative estimate of drug-likeness (QED) is 0.465. The van der Waals surface area contributed by atoms with E-state index in [0.29, 0.717) is 12.8 Å². The van der Waals surface area contributed by atoms with Crippen molar-refractivity contribution in [1.29, 1.82) is 0 Å². The maximum Gasteiger partial charge on any atom is 0.451 e. The molecule has 1 rings (SSSR count). The highest BCUT2D eigenvalue weighted by Gasteiger charge is 2.35. The van der Waals surface area contributed by atoms with Gasteiger partial charge in [-0.1, -0.05) is 17.7 Å². The third-order valence-electron chi connectivity index (χ3n) is 1.73. The zero-order chi connectivity index (χ0) is 12.9. The summed E-state index contributed by atoms with van der Waals surface area (Å²) in [5, 5.41) is -0.300. The van der Waals surface area contributed by atoms with Crippen molar-refractivity contribution in [2.45, 2.75) is 19.0 Å². The van der Waals surface area contributed by atoms with Gasteiger partial charge in [0.25, 0.3) is 0 Å². The molecule has 0 aromatic carbocycles. The lowest BCUT2D eigenvalue weighted by Gasteiger charge is -2.08. The van der Waals surface area contributed by atoms with E-state index in [-0.39, 0.29) is 17.6 Å². The molecule has 0 aliphatic rings. The zero-order valence-corrected chi connectivity index (χ0v) is 9.55. The summed E-state index contributed by atoms with van der Waals surface area (Å²) in [7, 11) is 0. The van der Waals surface area contributed by atoms with E-state index >= 15 is 0 Å². The van der Waals surface area contributed by atoms with E-state index in [0.717, 1.165) is 6.07 Å². The smallest absolute Gasteiger partial charge is 0.451 e. The molecule has 1 aromatic heterocycles. The molecule has 1 heterocycles. The first-order valence-corrected chi connectivity index (χ1v) is 5.16. The number of hydrogen-bond acceptors (Lipinski definition) is 3. The van der Waals surface area contributed by atoms with E-state index < -0.39 is 12.0 Å². The maximum atomic E-state index is 12.3. The molecule has 0 aliphatic carbocycles. The maximum absolute atomic E-state index is 12.3. The SMILES string of the molecule is C=CCCCOc1cc(Cl)nc(C(F)(F)F)n1. The van der Waals surface area contributed by atoms with Crippen LogP contribution < -0.4 is 4.74 Å². The molecular formula is C10H10ClF3N2O. The first kappa shape index (κ1) is 13.8. The molecule has 0 saturated heterocycles. The predicted molar refractivity (Wildman–Crippen MR) is 57.0 cm³/mol. The van der Waals surface area contributed by atoms with Crippen LogP contribution in [-0.2, 0) is 6.18 Å². The van der Waals surface area contributed by atoms with Crippen molar-refractivity contribution >= 4 is 11.6 Å². The predicted octanol–water partition coefficient (Wildman–Crippen LogP) is 3.49. The summed E-state index contributed by atoms with van der Waals surface area (Å²) >= 11 is 5.45. The second kappa shape index (κ2) is 5.86. The van der Waals surface area contributed by atoms with Crippen LogP contribution in [0.3, 0.4) is 0 Å². The van der Waals surface area contributed by atoms with Crippen LogP contribution in [0.25, 0.3) is 0 Å². The summed E-state index contributed by atoms with van der Waals surface area (Å²) in [5.74, 6) is -1.48. The van der Waals surface area contributed by atoms with Gasteiger partial charge in [-0.2, -0.15) is 18.2 Å². The molecule has 3 nitrogen and oxygen atoms in total. The van der Waals surface area contributed by atoms with Crippen LogP contribution in [0.2, 0.25) is 5.15 Å². The lowest BCUT2D eigenvalue weighted by atomic mass is 10.3. The van der Waals surface area contributed by atoms with E-state index in [2.05, 4.69) is 16.5 Å². The number of hydrogen-bond donors (Lipinski definition) is 0. The number of halogens is 4. The van der Waals surface area contributed by atoms with Crippen LogP contribution in [0, 0.1) is 0 Å². The van der Waals surface area contributed by atoms with Crippen LogP contribution in [0.15, 0.2) is 18.7 Å². The Hall–Kier alpha value is -1.30. The molecule has 0 fully saturated rings. The molecular weight excluding hydrogens is 257 g/mol. The molecule has 17 heavy (non-hydrogen) atoms. The minimum absolute atomic E-state index is 0.179. The summed E-state index contributed by atoms with van der Waals surface area (Å²) in [4.78, 5) is 6.32. The average Bonchev–Trinajstić information content (AvgIpc) is 2.22. The van der Waals surface area contributed by atoms with Gasteiger partial charge in [0.2, 0.25) is 11.7 Å². The Balaban J connectivity index is 2.72. The van der Waals surface area contributed by atoms with Gasteiger partial charge in [-0.05, 0) is 12.8 Å². The monoisotopic (exact) mass is 266 g/mol. The molecule has 0 bridgehead atoms. The molecule has 0 radical (unpaired) electrons. The Bertz CT molecular complexity index is 396. The van der Waals surface area contributed by atoms with Gasteiger partial charge < -0.3 is 4.74 Å². The second-order valence-corrected chi connectivity index (χ2v) is 3.52. The summed E-state index contributed by atoms with van der Waals surface area (Å²) in [6, 6.07) is 1.14. The molecule has 0 atom stereocenters. The Kier molecular flexibility index (Phi) is 4.74. The van der Waals surface area contributed by atoms with Gasteiger partial charge in [-0.15, -0.1) is 6.58 Å². The number of allylic oxidation sites excluding steroid dienone is 1. The number of aromatic nitrogens is 2. The second-order valence-electron chi connectivity index (χ2n) is 3.13. The van der Waals surface area contributed by atoms with Gasteiger partial charge in [-0.3, -0.25) is 0 Å². The Morgan fingerprint density at radius 2 is 2.12 bits per heavy atom.